The van der Waals surface area contributed by atoms with E-state index in [1.165, 1.54) is 7.11 Å². The first-order chi connectivity index (χ1) is 13.3. The fourth-order valence-corrected chi connectivity index (χ4v) is 3.33. The highest BCUT2D eigenvalue weighted by molar-refractivity contribution is 5.82. The Bertz CT molecular complexity index is 673. The van der Waals surface area contributed by atoms with Crippen LogP contribution < -0.4 is 10.1 Å². The number of likely N-dealkylation sites (tertiary alicyclic amines) is 1. The fourth-order valence-electron chi connectivity index (χ4n) is 3.33. The molecule has 1 aliphatic heterocycles. The summed E-state index contributed by atoms with van der Waals surface area (Å²) in [7, 11) is 1.47. The van der Waals surface area contributed by atoms with Gasteiger partial charge in [0.25, 0.3) is 5.91 Å². The van der Waals surface area contributed by atoms with Gasteiger partial charge in [-0.15, -0.1) is 0 Å². The van der Waals surface area contributed by atoms with Crippen LogP contribution in [0.3, 0.4) is 0 Å². The summed E-state index contributed by atoms with van der Waals surface area (Å²) in [4.78, 5) is 37.6. The minimum absolute atomic E-state index is 0.0363. The Hall–Kier alpha value is -2.61. The number of carboxylic acid groups (broad SMARTS) is 1. The van der Waals surface area contributed by atoms with E-state index in [2.05, 4.69) is 5.32 Å². The quantitative estimate of drug-likeness (QED) is 0.656. The normalized spacial score (nSPS) is 16.9. The molecule has 1 aromatic carbocycles. The fraction of sp³-hybridized carbons (Fsp3) is 0.550. The predicted octanol–water partition coefficient (Wildman–Crippen LogP) is 1.30. The molecule has 28 heavy (non-hydrogen) atoms. The molecule has 0 aliphatic carbocycles. The van der Waals surface area contributed by atoms with Crippen LogP contribution >= 0.6 is 0 Å². The monoisotopic (exact) mass is 392 g/mol. The average molecular weight is 392 g/mol. The van der Waals surface area contributed by atoms with Gasteiger partial charge in [-0.1, -0.05) is 18.2 Å². The van der Waals surface area contributed by atoms with Crippen LogP contribution in [0.25, 0.3) is 0 Å². The lowest BCUT2D eigenvalue weighted by Crippen LogP contribution is -2.54. The molecule has 1 saturated heterocycles. The van der Waals surface area contributed by atoms with Crippen LogP contribution in [0, 0.1) is 5.92 Å². The molecule has 154 valence electrons. The topological polar surface area (TPSA) is 105 Å². The number of methoxy groups -OCH3 is 1. The lowest BCUT2D eigenvalue weighted by atomic mass is 9.92. The highest BCUT2D eigenvalue weighted by Gasteiger charge is 2.34. The van der Waals surface area contributed by atoms with Gasteiger partial charge >= 0.3 is 5.97 Å². The molecule has 1 aromatic rings. The van der Waals surface area contributed by atoms with Crippen molar-refractivity contribution in [3.05, 3.63) is 30.3 Å². The number of hydrogen-bond donors (Lipinski definition) is 2. The molecular weight excluding hydrogens is 364 g/mol. The van der Waals surface area contributed by atoms with Crippen LogP contribution in [-0.4, -0.2) is 66.7 Å². The largest absolute Gasteiger partial charge is 0.484 e. The number of carbonyl (C=O) groups excluding carboxylic acids is 2. The lowest BCUT2D eigenvalue weighted by Gasteiger charge is -2.34. The van der Waals surface area contributed by atoms with Crippen LogP contribution in [-0.2, 0) is 19.1 Å². The van der Waals surface area contributed by atoms with Gasteiger partial charge in [-0.25, -0.2) is 0 Å². The van der Waals surface area contributed by atoms with E-state index in [-0.39, 0.29) is 37.4 Å². The van der Waals surface area contributed by atoms with Crippen molar-refractivity contribution in [3.63, 3.8) is 0 Å². The van der Waals surface area contributed by atoms with E-state index < -0.39 is 11.5 Å². The molecule has 0 radical (unpaired) electrons. The summed E-state index contributed by atoms with van der Waals surface area (Å²) < 4.78 is 10.5. The number of benzene rings is 1. The van der Waals surface area contributed by atoms with Crippen molar-refractivity contribution >= 4 is 17.8 Å². The van der Waals surface area contributed by atoms with Crippen molar-refractivity contribution < 1.29 is 29.0 Å². The molecule has 0 aromatic heterocycles. The summed E-state index contributed by atoms with van der Waals surface area (Å²) in [6, 6.07) is 9.13. The highest BCUT2D eigenvalue weighted by atomic mass is 16.5. The first-order valence-corrected chi connectivity index (χ1v) is 9.31. The maximum absolute atomic E-state index is 12.6. The maximum Gasteiger partial charge on any atom is 0.305 e. The number of carboxylic acids is 1. The second-order valence-electron chi connectivity index (χ2n) is 7.31. The summed E-state index contributed by atoms with van der Waals surface area (Å²) in [5, 5.41) is 11.9. The number of ether oxygens (including phenoxy) is 2. The van der Waals surface area contributed by atoms with Gasteiger partial charge in [0, 0.05) is 26.1 Å². The average Bonchev–Trinajstić information content (AvgIpc) is 2.66. The zero-order valence-corrected chi connectivity index (χ0v) is 16.3. The molecule has 2 rings (SSSR count). The van der Waals surface area contributed by atoms with Gasteiger partial charge in [0.1, 0.15) is 5.75 Å². The molecule has 1 unspecified atom stereocenters. The van der Waals surface area contributed by atoms with Gasteiger partial charge in [0.2, 0.25) is 5.91 Å². The van der Waals surface area contributed by atoms with E-state index in [0.29, 0.717) is 31.7 Å². The predicted molar refractivity (Wildman–Crippen MR) is 102 cm³/mol. The van der Waals surface area contributed by atoms with Crippen molar-refractivity contribution in [1.29, 1.82) is 0 Å². The number of piperidine rings is 1. The zero-order chi connectivity index (χ0) is 20.6. The summed E-state index contributed by atoms with van der Waals surface area (Å²) in [6.45, 7) is 2.66. The van der Waals surface area contributed by atoms with Crippen molar-refractivity contribution in [2.24, 2.45) is 5.92 Å². The molecule has 0 saturated carbocycles. The molecule has 1 aliphatic rings. The van der Waals surface area contributed by atoms with Gasteiger partial charge in [-0.05, 0) is 31.9 Å². The number of nitrogens with zero attached hydrogens (tertiary/aromatic N) is 1. The van der Waals surface area contributed by atoms with E-state index in [1.807, 2.05) is 18.2 Å². The van der Waals surface area contributed by atoms with E-state index >= 15 is 0 Å². The lowest BCUT2D eigenvalue weighted by molar-refractivity contribution is -0.141. The molecule has 2 amide bonds. The van der Waals surface area contributed by atoms with Gasteiger partial charge in [0.15, 0.2) is 6.61 Å². The number of aliphatic carboxylic acids is 1. The summed E-state index contributed by atoms with van der Waals surface area (Å²) >= 11 is 0. The molecule has 1 heterocycles. The third kappa shape index (κ3) is 6.53. The van der Waals surface area contributed by atoms with E-state index in [1.54, 1.807) is 24.0 Å². The molecule has 2 N–H and O–H groups in total. The minimum atomic E-state index is -1.00. The maximum atomic E-state index is 12.6. The second-order valence-corrected chi connectivity index (χ2v) is 7.31. The van der Waals surface area contributed by atoms with Crippen molar-refractivity contribution in [2.45, 2.75) is 31.7 Å². The number of hydrogen-bond acceptors (Lipinski definition) is 5. The van der Waals surface area contributed by atoms with Crippen LogP contribution in [0.15, 0.2) is 30.3 Å². The Morgan fingerprint density at radius 3 is 2.43 bits per heavy atom. The van der Waals surface area contributed by atoms with Crippen LogP contribution in [0.5, 0.6) is 5.75 Å². The second kappa shape index (κ2) is 10.1. The molecule has 1 fully saturated rings. The first-order valence-electron chi connectivity index (χ1n) is 9.31. The third-order valence-electron chi connectivity index (χ3n) is 4.75. The van der Waals surface area contributed by atoms with Gasteiger partial charge < -0.3 is 24.8 Å². The third-order valence-corrected chi connectivity index (χ3v) is 4.75. The summed E-state index contributed by atoms with van der Waals surface area (Å²) in [5.41, 5.74) is -0.964. The Morgan fingerprint density at radius 1 is 1.21 bits per heavy atom. The van der Waals surface area contributed by atoms with E-state index in [0.717, 1.165) is 0 Å². The minimum Gasteiger partial charge on any atom is -0.484 e. The van der Waals surface area contributed by atoms with Gasteiger partial charge in [-0.3, -0.25) is 14.4 Å². The number of para-hydroxylation sites is 1. The van der Waals surface area contributed by atoms with E-state index in [4.69, 9.17) is 14.6 Å². The van der Waals surface area contributed by atoms with Crippen LogP contribution in [0.1, 0.15) is 26.2 Å². The standard InChI is InChI=1S/C20H28N2O6/c1-20(14-27-2,12-18(24)25)21-19(26)15-8-10-22(11-9-15)17(23)13-28-16-6-4-3-5-7-16/h3-7,15H,8-14H2,1-2H3,(H,21,26)(H,24,25). The summed E-state index contributed by atoms with van der Waals surface area (Å²) in [6.07, 6.45) is 0.832. The SMILES string of the molecule is COCC(C)(CC(=O)O)NC(=O)C1CCN(C(=O)COc2ccccc2)CC1. The molecule has 8 nitrogen and oxygen atoms in total. The molecule has 0 spiro atoms. The molecule has 0 bridgehead atoms. The van der Waals surface area contributed by atoms with Crippen molar-refractivity contribution in [1.82, 2.24) is 10.2 Å². The Kier molecular flexibility index (Phi) is 7.80. The first kappa shape index (κ1) is 21.7. The number of amides is 2. The Morgan fingerprint density at radius 2 is 1.86 bits per heavy atom. The van der Waals surface area contributed by atoms with Crippen LogP contribution in [0.4, 0.5) is 0 Å². The molecule has 1 atom stereocenters. The van der Waals surface area contributed by atoms with E-state index in [9.17, 15) is 14.4 Å². The Labute approximate surface area is 164 Å². The van der Waals surface area contributed by atoms with Crippen molar-refractivity contribution in [2.75, 3.05) is 33.4 Å². The summed E-state index contributed by atoms with van der Waals surface area (Å²) in [5.74, 6) is -0.935. The van der Waals surface area contributed by atoms with Gasteiger partial charge in [0.05, 0.1) is 18.6 Å². The zero-order valence-electron chi connectivity index (χ0n) is 16.3. The number of carbonyl (C=O) groups is 3. The van der Waals surface area contributed by atoms with Crippen molar-refractivity contribution in [3.8, 4) is 5.75 Å². The molecular formula is C20H28N2O6. The molecule has 8 heteroatoms. The highest BCUT2D eigenvalue weighted by Crippen LogP contribution is 2.20. The Balaban J connectivity index is 1.80. The van der Waals surface area contributed by atoms with Gasteiger partial charge in [-0.2, -0.15) is 0 Å². The van der Waals surface area contributed by atoms with Crippen LogP contribution in [0.2, 0.25) is 0 Å². The number of rotatable bonds is 9. The smallest absolute Gasteiger partial charge is 0.305 e. The number of nitrogens with one attached hydrogen (secondary N) is 1.